The molecule has 0 aromatic heterocycles. The summed E-state index contributed by atoms with van der Waals surface area (Å²) in [6.07, 6.45) is 1.88. The molecule has 122 valence electrons. The first-order valence-electron chi connectivity index (χ1n) is 7.94. The number of hydrogen-bond donors (Lipinski definition) is 3. The van der Waals surface area contributed by atoms with Crippen molar-refractivity contribution in [2.24, 2.45) is 16.6 Å². The molecule has 1 amide bonds. The van der Waals surface area contributed by atoms with Gasteiger partial charge in [-0.3, -0.25) is 9.79 Å². The maximum atomic E-state index is 11.4. The lowest BCUT2D eigenvalue weighted by molar-refractivity contribution is -0.123. The number of benzene rings is 1. The number of guanidine groups is 1. The molecule has 0 saturated heterocycles. The third-order valence-corrected chi connectivity index (χ3v) is 3.47. The average Bonchev–Trinajstić information content (AvgIpc) is 2.51. The Labute approximate surface area is 133 Å². The van der Waals surface area contributed by atoms with Crippen LogP contribution in [0.15, 0.2) is 23.2 Å². The number of nitrogens with one attached hydrogen (secondary N) is 2. The Kier molecular flexibility index (Phi) is 7.43. The van der Waals surface area contributed by atoms with E-state index in [9.17, 15) is 4.79 Å². The minimum Gasteiger partial charge on any atom is -0.370 e. The van der Waals surface area contributed by atoms with Crippen molar-refractivity contribution in [1.82, 2.24) is 5.32 Å². The number of nitrogens with zero attached hydrogens (tertiary/aromatic N) is 1. The van der Waals surface area contributed by atoms with Crippen molar-refractivity contribution < 1.29 is 4.79 Å². The van der Waals surface area contributed by atoms with Gasteiger partial charge in [0, 0.05) is 18.2 Å². The molecule has 4 N–H and O–H groups in total. The number of para-hydroxylation sites is 1. The molecule has 0 spiro atoms. The number of nitrogens with two attached hydrogens (primary N) is 1. The van der Waals surface area contributed by atoms with Crippen LogP contribution in [0.3, 0.4) is 0 Å². The van der Waals surface area contributed by atoms with Gasteiger partial charge in [0.2, 0.25) is 5.91 Å². The maximum Gasteiger partial charge on any atom is 0.222 e. The van der Waals surface area contributed by atoms with Crippen LogP contribution < -0.4 is 16.4 Å². The predicted octanol–water partition coefficient (Wildman–Crippen LogP) is 2.31. The van der Waals surface area contributed by atoms with E-state index in [1.54, 1.807) is 0 Å². The van der Waals surface area contributed by atoms with E-state index in [0.717, 1.165) is 18.5 Å². The summed E-state index contributed by atoms with van der Waals surface area (Å²) in [5.41, 5.74) is 9.47. The van der Waals surface area contributed by atoms with E-state index in [0.29, 0.717) is 19.0 Å². The highest BCUT2D eigenvalue weighted by Gasteiger charge is 2.07. The van der Waals surface area contributed by atoms with Crippen LogP contribution in [0.25, 0.3) is 0 Å². The van der Waals surface area contributed by atoms with Crippen LogP contribution in [0, 0.1) is 5.92 Å². The molecule has 5 heteroatoms. The van der Waals surface area contributed by atoms with E-state index in [2.05, 4.69) is 47.7 Å². The zero-order valence-electron chi connectivity index (χ0n) is 14.1. The van der Waals surface area contributed by atoms with Crippen LogP contribution in [0.2, 0.25) is 0 Å². The second-order valence-corrected chi connectivity index (χ2v) is 5.50. The van der Waals surface area contributed by atoms with Gasteiger partial charge in [0.15, 0.2) is 5.96 Å². The molecule has 0 fully saturated rings. The molecule has 0 aliphatic heterocycles. The number of anilines is 1. The van der Waals surface area contributed by atoms with E-state index >= 15 is 0 Å². The second kappa shape index (κ2) is 9.07. The molecule has 0 saturated carbocycles. The Morgan fingerprint density at radius 3 is 2.32 bits per heavy atom. The maximum absolute atomic E-state index is 11.4. The number of amides is 1. The van der Waals surface area contributed by atoms with Crippen molar-refractivity contribution in [2.45, 2.75) is 40.5 Å². The summed E-state index contributed by atoms with van der Waals surface area (Å²) >= 11 is 0. The molecule has 0 unspecified atom stereocenters. The summed E-state index contributed by atoms with van der Waals surface area (Å²) in [7, 11) is 0. The standard InChI is InChI=1S/C17H28N4O/c1-5-13-8-7-9-14(6-2)15(13)21-17(18)20-11-10-19-16(22)12(3)4/h7-9,12H,5-6,10-11H2,1-4H3,(H,19,22)(H3,18,20,21). The molecule has 1 rings (SSSR count). The molecule has 0 bridgehead atoms. The lowest BCUT2D eigenvalue weighted by atomic mass is 10.0. The van der Waals surface area contributed by atoms with Gasteiger partial charge in [-0.05, 0) is 24.0 Å². The Bertz CT molecular complexity index is 501. The molecular weight excluding hydrogens is 276 g/mol. The third kappa shape index (κ3) is 5.39. The Morgan fingerprint density at radius 2 is 1.82 bits per heavy atom. The molecule has 1 aromatic carbocycles. The second-order valence-electron chi connectivity index (χ2n) is 5.50. The number of rotatable bonds is 7. The van der Waals surface area contributed by atoms with Gasteiger partial charge in [-0.2, -0.15) is 0 Å². The monoisotopic (exact) mass is 304 g/mol. The topological polar surface area (TPSA) is 79.5 Å². The number of carbonyl (C=O) groups is 1. The van der Waals surface area contributed by atoms with Gasteiger partial charge in [0.05, 0.1) is 6.54 Å². The fourth-order valence-corrected chi connectivity index (χ4v) is 2.13. The summed E-state index contributed by atoms with van der Waals surface area (Å²) in [6, 6.07) is 6.26. The van der Waals surface area contributed by atoms with Gasteiger partial charge in [-0.25, -0.2) is 0 Å². The first-order chi connectivity index (χ1) is 10.5. The highest BCUT2D eigenvalue weighted by Crippen LogP contribution is 2.22. The van der Waals surface area contributed by atoms with Gasteiger partial charge >= 0.3 is 0 Å². The van der Waals surface area contributed by atoms with Crippen molar-refractivity contribution in [3.63, 3.8) is 0 Å². The molecular formula is C17H28N4O. The Hall–Kier alpha value is -2.04. The summed E-state index contributed by atoms with van der Waals surface area (Å²) in [5.74, 6) is 0.406. The summed E-state index contributed by atoms with van der Waals surface area (Å²) in [4.78, 5) is 15.7. The van der Waals surface area contributed by atoms with Crippen molar-refractivity contribution in [3.05, 3.63) is 29.3 Å². The Morgan fingerprint density at radius 1 is 1.23 bits per heavy atom. The highest BCUT2D eigenvalue weighted by molar-refractivity contribution is 5.93. The van der Waals surface area contributed by atoms with E-state index in [1.165, 1.54) is 11.1 Å². The highest BCUT2D eigenvalue weighted by atomic mass is 16.1. The third-order valence-electron chi connectivity index (χ3n) is 3.47. The summed E-state index contributed by atoms with van der Waals surface area (Å²) < 4.78 is 0. The van der Waals surface area contributed by atoms with Crippen LogP contribution in [0.5, 0.6) is 0 Å². The van der Waals surface area contributed by atoms with Gasteiger partial charge in [0.1, 0.15) is 0 Å². The number of aryl methyl sites for hydroxylation is 2. The molecule has 1 aromatic rings. The normalized spacial score (nSPS) is 11.6. The quantitative estimate of drug-likeness (QED) is 0.411. The van der Waals surface area contributed by atoms with E-state index in [-0.39, 0.29) is 11.8 Å². The number of aliphatic imine (C=N–C) groups is 1. The van der Waals surface area contributed by atoms with Crippen LogP contribution >= 0.6 is 0 Å². The van der Waals surface area contributed by atoms with Crippen molar-refractivity contribution in [2.75, 3.05) is 18.4 Å². The molecule has 22 heavy (non-hydrogen) atoms. The van der Waals surface area contributed by atoms with Gasteiger partial charge in [-0.1, -0.05) is 45.9 Å². The predicted molar refractivity (Wildman–Crippen MR) is 93.2 cm³/mol. The van der Waals surface area contributed by atoms with Crippen LogP contribution in [0.1, 0.15) is 38.8 Å². The average molecular weight is 304 g/mol. The van der Waals surface area contributed by atoms with Crippen molar-refractivity contribution in [3.8, 4) is 0 Å². The lowest BCUT2D eigenvalue weighted by Crippen LogP contribution is -2.31. The van der Waals surface area contributed by atoms with Gasteiger partial charge in [-0.15, -0.1) is 0 Å². The van der Waals surface area contributed by atoms with E-state index in [4.69, 9.17) is 5.73 Å². The van der Waals surface area contributed by atoms with E-state index < -0.39 is 0 Å². The van der Waals surface area contributed by atoms with Crippen LogP contribution in [-0.2, 0) is 17.6 Å². The molecule has 0 aliphatic carbocycles. The molecule has 0 radical (unpaired) electrons. The molecule has 0 heterocycles. The summed E-state index contributed by atoms with van der Waals surface area (Å²) in [5, 5.41) is 6.02. The SMILES string of the molecule is CCc1cccc(CC)c1NC(N)=NCCNC(=O)C(C)C. The molecule has 0 aliphatic rings. The Balaban J connectivity index is 2.63. The van der Waals surface area contributed by atoms with Gasteiger partial charge in [0.25, 0.3) is 0 Å². The lowest BCUT2D eigenvalue weighted by Gasteiger charge is -2.15. The van der Waals surface area contributed by atoms with Crippen LogP contribution in [-0.4, -0.2) is 25.0 Å². The number of carbonyl (C=O) groups excluding carboxylic acids is 1. The smallest absolute Gasteiger partial charge is 0.222 e. The fraction of sp³-hybridized carbons (Fsp3) is 0.529. The van der Waals surface area contributed by atoms with Crippen molar-refractivity contribution >= 4 is 17.6 Å². The largest absolute Gasteiger partial charge is 0.370 e. The minimum atomic E-state index is -0.0111. The first kappa shape index (κ1) is 18.0. The number of hydrogen-bond acceptors (Lipinski definition) is 2. The van der Waals surface area contributed by atoms with E-state index in [1.807, 2.05) is 13.8 Å². The van der Waals surface area contributed by atoms with Crippen molar-refractivity contribution in [1.29, 1.82) is 0 Å². The minimum absolute atomic E-state index is 0.0111. The molecule has 5 nitrogen and oxygen atoms in total. The zero-order valence-corrected chi connectivity index (χ0v) is 14.1. The first-order valence-corrected chi connectivity index (χ1v) is 7.94. The molecule has 0 atom stereocenters. The van der Waals surface area contributed by atoms with Gasteiger partial charge < -0.3 is 16.4 Å². The summed E-state index contributed by atoms with van der Waals surface area (Å²) in [6.45, 7) is 8.93. The fourth-order valence-electron chi connectivity index (χ4n) is 2.13. The van der Waals surface area contributed by atoms with Crippen LogP contribution in [0.4, 0.5) is 5.69 Å². The zero-order chi connectivity index (χ0) is 16.5.